The summed E-state index contributed by atoms with van der Waals surface area (Å²) in [4.78, 5) is 12.1. The van der Waals surface area contributed by atoms with Crippen LogP contribution >= 0.6 is 11.8 Å². The predicted molar refractivity (Wildman–Crippen MR) is 79.4 cm³/mol. The van der Waals surface area contributed by atoms with Crippen molar-refractivity contribution in [2.24, 2.45) is 18.7 Å². The van der Waals surface area contributed by atoms with E-state index in [0.29, 0.717) is 11.7 Å². The highest BCUT2D eigenvalue weighted by Gasteiger charge is 2.50. The van der Waals surface area contributed by atoms with Crippen molar-refractivity contribution in [1.82, 2.24) is 20.1 Å². The molecule has 0 aromatic carbocycles. The third kappa shape index (κ3) is 2.98. The summed E-state index contributed by atoms with van der Waals surface area (Å²) >= 11 is 1.54. The highest BCUT2D eigenvalue weighted by Crippen LogP contribution is 2.42. The number of hydrogen-bond acceptors (Lipinski definition) is 5. The molecule has 1 aliphatic rings. The zero-order valence-electron chi connectivity index (χ0n) is 12.5. The van der Waals surface area contributed by atoms with Gasteiger partial charge in [-0.3, -0.25) is 4.79 Å². The molecule has 0 aliphatic heterocycles. The molecule has 0 saturated heterocycles. The Balaban J connectivity index is 2.15. The Hall–Kier alpha value is -1.08. The van der Waals surface area contributed by atoms with Crippen molar-refractivity contribution in [1.29, 1.82) is 0 Å². The van der Waals surface area contributed by atoms with E-state index < -0.39 is 5.54 Å². The van der Waals surface area contributed by atoms with Gasteiger partial charge in [-0.1, -0.05) is 11.8 Å². The molecule has 7 heteroatoms. The van der Waals surface area contributed by atoms with Gasteiger partial charge in [-0.15, -0.1) is 10.2 Å². The summed E-state index contributed by atoms with van der Waals surface area (Å²) in [5, 5.41) is 12.4. The molecule has 20 heavy (non-hydrogen) atoms. The summed E-state index contributed by atoms with van der Waals surface area (Å²) in [6, 6.07) is 0.213. The van der Waals surface area contributed by atoms with Crippen molar-refractivity contribution >= 4 is 17.7 Å². The number of nitrogens with one attached hydrogen (secondary N) is 1. The molecule has 0 bridgehead atoms. The van der Waals surface area contributed by atoms with E-state index in [2.05, 4.69) is 15.5 Å². The molecule has 1 fully saturated rings. The van der Waals surface area contributed by atoms with E-state index in [-0.39, 0.29) is 11.9 Å². The van der Waals surface area contributed by atoms with Crippen LogP contribution in [0.3, 0.4) is 0 Å². The monoisotopic (exact) mass is 297 g/mol. The van der Waals surface area contributed by atoms with E-state index in [1.165, 1.54) is 11.8 Å². The highest BCUT2D eigenvalue weighted by molar-refractivity contribution is 7.99. The van der Waals surface area contributed by atoms with Gasteiger partial charge >= 0.3 is 0 Å². The van der Waals surface area contributed by atoms with Crippen LogP contribution in [0.15, 0.2) is 5.16 Å². The average molecular weight is 297 g/mol. The Kier molecular flexibility index (Phi) is 4.39. The van der Waals surface area contributed by atoms with Crippen molar-refractivity contribution in [3.63, 3.8) is 0 Å². The van der Waals surface area contributed by atoms with Gasteiger partial charge in [0, 0.05) is 18.8 Å². The minimum Gasteiger partial charge on any atom is -0.368 e. The quantitative estimate of drug-likeness (QED) is 0.729. The van der Waals surface area contributed by atoms with E-state index in [0.717, 1.165) is 23.8 Å². The van der Waals surface area contributed by atoms with E-state index in [1.807, 2.05) is 32.4 Å². The van der Waals surface area contributed by atoms with Crippen molar-refractivity contribution in [3.05, 3.63) is 5.82 Å². The molecule has 1 saturated carbocycles. The van der Waals surface area contributed by atoms with Gasteiger partial charge in [0.25, 0.3) is 0 Å². The minimum absolute atomic E-state index is 0.213. The van der Waals surface area contributed by atoms with Gasteiger partial charge in [0.15, 0.2) is 5.16 Å². The largest absolute Gasteiger partial charge is 0.368 e. The van der Waals surface area contributed by atoms with E-state index >= 15 is 0 Å². The normalized spacial score (nSPS) is 18.2. The first-order chi connectivity index (χ1) is 9.36. The van der Waals surface area contributed by atoms with Gasteiger partial charge in [0.2, 0.25) is 5.91 Å². The Morgan fingerprint density at radius 1 is 1.55 bits per heavy atom. The van der Waals surface area contributed by atoms with Gasteiger partial charge in [-0.2, -0.15) is 0 Å². The maximum atomic E-state index is 12.1. The maximum Gasteiger partial charge on any atom is 0.238 e. The van der Waals surface area contributed by atoms with Crippen molar-refractivity contribution in [2.75, 3.05) is 5.75 Å². The second-order valence-corrected chi connectivity index (χ2v) is 6.73. The second-order valence-electron chi connectivity index (χ2n) is 5.79. The van der Waals surface area contributed by atoms with E-state index in [9.17, 15) is 4.79 Å². The Morgan fingerprint density at radius 2 is 2.20 bits per heavy atom. The lowest BCUT2D eigenvalue weighted by molar-refractivity contribution is -0.124. The standard InChI is InChI=1S/C13H23N5OS/c1-8(2)15-13(11(14)19,10-5-6-10)7-20-12-17-16-9(3)18(12)4/h8,10,15H,5-7H2,1-4H3,(H2,14,19). The van der Waals surface area contributed by atoms with Crippen LogP contribution in [-0.4, -0.2) is 38.0 Å². The lowest BCUT2D eigenvalue weighted by atomic mass is 9.93. The van der Waals surface area contributed by atoms with Gasteiger partial charge in [0.1, 0.15) is 11.4 Å². The van der Waals surface area contributed by atoms with Gasteiger partial charge in [-0.05, 0) is 39.5 Å². The number of carbonyl (C=O) groups excluding carboxylic acids is 1. The van der Waals surface area contributed by atoms with Gasteiger partial charge < -0.3 is 15.6 Å². The predicted octanol–water partition coefficient (Wildman–Crippen LogP) is 0.848. The molecular formula is C13H23N5OS. The van der Waals surface area contributed by atoms with E-state index in [4.69, 9.17) is 5.73 Å². The third-order valence-electron chi connectivity index (χ3n) is 3.74. The number of aromatic nitrogens is 3. The fourth-order valence-corrected chi connectivity index (χ4v) is 3.65. The number of rotatable bonds is 7. The SMILES string of the molecule is Cc1nnc(SCC(NC(C)C)(C(N)=O)C2CC2)n1C. The van der Waals surface area contributed by atoms with Gasteiger partial charge in [-0.25, -0.2) is 0 Å². The van der Waals surface area contributed by atoms with E-state index in [1.54, 1.807) is 0 Å². The number of aryl methyl sites for hydroxylation is 1. The first-order valence-electron chi connectivity index (χ1n) is 6.93. The van der Waals surface area contributed by atoms with Crippen molar-refractivity contribution < 1.29 is 4.79 Å². The molecule has 2 rings (SSSR count). The Bertz CT molecular complexity index is 497. The van der Waals surface area contributed by atoms with Crippen molar-refractivity contribution in [3.8, 4) is 0 Å². The molecule has 1 amide bonds. The molecule has 1 atom stereocenters. The third-order valence-corrected chi connectivity index (χ3v) is 4.96. The molecular weight excluding hydrogens is 274 g/mol. The van der Waals surface area contributed by atoms with Gasteiger partial charge in [0.05, 0.1) is 0 Å². The number of hydrogen-bond donors (Lipinski definition) is 2. The summed E-state index contributed by atoms with van der Waals surface area (Å²) in [5.41, 5.74) is 5.07. The topological polar surface area (TPSA) is 85.8 Å². The fraction of sp³-hybridized carbons (Fsp3) is 0.769. The number of nitrogens with zero attached hydrogens (tertiary/aromatic N) is 3. The number of primary amides is 1. The molecule has 1 unspecified atom stereocenters. The highest BCUT2D eigenvalue weighted by atomic mass is 32.2. The Labute approximate surface area is 123 Å². The summed E-state index contributed by atoms with van der Waals surface area (Å²) < 4.78 is 1.93. The molecule has 6 nitrogen and oxygen atoms in total. The molecule has 1 heterocycles. The van der Waals surface area contributed by atoms with Crippen LogP contribution in [0.25, 0.3) is 0 Å². The lowest BCUT2D eigenvalue weighted by Crippen LogP contribution is -2.61. The number of nitrogens with two attached hydrogens (primary N) is 1. The van der Waals surface area contributed by atoms with Crippen LogP contribution in [0, 0.1) is 12.8 Å². The fourth-order valence-electron chi connectivity index (χ4n) is 2.40. The lowest BCUT2D eigenvalue weighted by Gasteiger charge is -2.33. The number of thioether (sulfide) groups is 1. The van der Waals surface area contributed by atoms with Crippen molar-refractivity contribution in [2.45, 2.75) is 50.4 Å². The number of carbonyl (C=O) groups is 1. The molecule has 0 spiro atoms. The molecule has 0 radical (unpaired) electrons. The maximum absolute atomic E-state index is 12.1. The van der Waals surface area contributed by atoms with Crippen LogP contribution in [0.2, 0.25) is 0 Å². The Morgan fingerprint density at radius 3 is 2.60 bits per heavy atom. The first-order valence-corrected chi connectivity index (χ1v) is 7.91. The summed E-state index contributed by atoms with van der Waals surface area (Å²) in [5.74, 6) is 1.53. The summed E-state index contributed by atoms with van der Waals surface area (Å²) in [7, 11) is 1.93. The smallest absolute Gasteiger partial charge is 0.238 e. The average Bonchev–Trinajstić information content (AvgIpc) is 3.15. The van der Waals surface area contributed by atoms with Crippen LogP contribution in [0.1, 0.15) is 32.5 Å². The zero-order chi connectivity index (χ0) is 14.9. The summed E-state index contributed by atoms with van der Waals surface area (Å²) in [6.45, 7) is 5.99. The minimum atomic E-state index is -0.640. The van der Waals surface area contributed by atoms with Crippen LogP contribution in [0.5, 0.6) is 0 Å². The molecule has 112 valence electrons. The second kappa shape index (κ2) is 5.73. The zero-order valence-corrected chi connectivity index (χ0v) is 13.3. The molecule has 3 N–H and O–H groups in total. The first kappa shape index (κ1) is 15.3. The van der Waals surface area contributed by atoms with Crippen LogP contribution < -0.4 is 11.1 Å². The molecule has 1 aliphatic carbocycles. The number of amides is 1. The molecule has 1 aromatic heterocycles. The molecule has 1 aromatic rings. The van der Waals surface area contributed by atoms with Crippen LogP contribution in [0.4, 0.5) is 0 Å². The van der Waals surface area contributed by atoms with Crippen LogP contribution in [-0.2, 0) is 11.8 Å². The summed E-state index contributed by atoms with van der Waals surface area (Å²) in [6.07, 6.45) is 2.11.